The van der Waals surface area contributed by atoms with E-state index in [-0.39, 0.29) is 11.4 Å². The van der Waals surface area contributed by atoms with Crippen LogP contribution in [0.4, 0.5) is 14.6 Å². The van der Waals surface area contributed by atoms with Gasteiger partial charge in [-0.1, -0.05) is 5.92 Å². The van der Waals surface area contributed by atoms with Crippen molar-refractivity contribution in [2.24, 2.45) is 0 Å². The first-order valence-corrected chi connectivity index (χ1v) is 5.56. The van der Waals surface area contributed by atoms with Gasteiger partial charge in [-0.25, -0.2) is 18.7 Å². The molecule has 7 heteroatoms. The Morgan fingerprint density at radius 3 is 2.60 bits per heavy atom. The second-order valence-electron chi connectivity index (χ2n) is 3.97. The van der Waals surface area contributed by atoms with Crippen molar-refractivity contribution in [3.63, 3.8) is 0 Å². The van der Waals surface area contributed by atoms with E-state index in [1.165, 1.54) is 6.20 Å². The number of rotatable bonds is 0. The summed E-state index contributed by atoms with van der Waals surface area (Å²) in [7, 11) is 0. The lowest BCUT2D eigenvalue weighted by Gasteiger charge is -1.93. The summed E-state index contributed by atoms with van der Waals surface area (Å²) < 4.78 is 26.0. The first-order chi connectivity index (χ1) is 9.61. The van der Waals surface area contributed by atoms with Crippen LogP contribution in [0.5, 0.6) is 0 Å². The molecule has 0 spiro atoms. The van der Waals surface area contributed by atoms with Crippen molar-refractivity contribution in [3.05, 3.63) is 47.3 Å². The fourth-order valence-corrected chi connectivity index (χ4v) is 1.64. The van der Waals surface area contributed by atoms with Crippen molar-refractivity contribution >= 4 is 17.0 Å². The number of nitrogen functional groups attached to an aromatic ring is 1. The molecule has 2 aromatic heterocycles. The fraction of sp³-hybridized carbons (Fsp3) is 0. The average Bonchev–Trinajstić information content (AvgIpc) is 2.77. The molecule has 20 heavy (non-hydrogen) atoms. The third-order valence-electron chi connectivity index (χ3n) is 2.49. The van der Waals surface area contributed by atoms with Crippen LogP contribution in [0.15, 0.2) is 24.4 Å². The van der Waals surface area contributed by atoms with Crippen LogP contribution in [0, 0.1) is 23.5 Å². The molecule has 0 radical (unpaired) electrons. The maximum absolute atomic E-state index is 13.0. The molecule has 0 fully saturated rings. The van der Waals surface area contributed by atoms with Crippen LogP contribution in [-0.2, 0) is 0 Å². The Morgan fingerprint density at radius 1 is 1.10 bits per heavy atom. The van der Waals surface area contributed by atoms with Crippen molar-refractivity contribution in [1.29, 1.82) is 0 Å². The van der Waals surface area contributed by atoms with E-state index in [0.717, 1.165) is 18.2 Å². The zero-order valence-corrected chi connectivity index (χ0v) is 9.98. The maximum atomic E-state index is 13.0. The van der Waals surface area contributed by atoms with Crippen LogP contribution in [-0.4, -0.2) is 20.2 Å². The van der Waals surface area contributed by atoms with Crippen LogP contribution < -0.4 is 5.73 Å². The predicted molar refractivity (Wildman–Crippen MR) is 68.4 cm³/mol. The first-order valence-electron chi connectivity index (χ1n) is 5.56. The molecule has 0 amide bonds. The SMILES string of the molecule is Nc1n[nH]c2ncc(C#Cc3cc(F)cc(F)c3)nc12. The first kappa shape index (κ1) is 12.0. The predicted octanol–water partition coefficient (Wildman–Crippen LogP) is 1.61. The van der Waals surface area contributed by atoms with E-state index >= 15 is 0 Å². The smallest absolute Gasteiger partial charge is 0.176 e. The largest absolute Gasteiger partial charge is 0.380 e. The molecule has 5 nitrogen and oxygen atoms in total. The molecule has 0 aliphatic carbocycles. The normalized spacial score (nSPS) is 10.3. The Bertz CT molecular complexity index is 840. The molecule has 0 atom stereocenters. The minimum atomic E-state index is -0.685. The van der Waals surface area contributed by atoms with Gasteiger partial charge in [-0.05, 0) is 18.1 Å². The maximum Gasteiger partial charge on any atom is 0.176 e. The zero-order valence-electron chi connectivity index (χ0n) is 9.98. The molecular weight excluding hydrogens is 264 g/mol. The van der Waals surface area contributed by atoms with Gasteiger partial charge in [-0.3, -0.25) is 5.10 Å². The molecule has 0 saturated heterocycles. The van der Waals surface area contributed by atoms with Crippen molar-refractivity contribution in [2.45, 2.75) is 0 Å². The summed E-state index contributed by atoms with van der Waals surface area (Å²) in [6, 6.07) is 3.05. The van der Waals surface area contributed by atoms with E-state index in [1.807, 2.05) is 0 Å². The van der Waals surface area contributed by atoms with Crippen LogP contribution >= 0.6 is 0 Å². The topological polar surface area (TPSA) is 80.5 Å². The van der Waals surface area contributed by atoms with Gasteiger partial charge in [0, 0.05) is 11.6 Å². The number of aromatic amines is 1. The Balaban J connectivity index is 2.00. The standard InChI is InChI=1S/C13H7F2N5/c14-8-3-7(4-9(15)5-8)1-2-10-6-17-13-11(18-10)12(16)19-20-13/h3-6H,(H3,16,17,19,20). The molecule has 2 heterocycles. The van der Waals surface area contributed by atoms with E-state index in [1.54, 1.807) is 0 Å². The van der Waals surface area contributed by atoms with Crippen LogP contribution in [0.1, 0.15) is 11.3 Å². The van der Waals surface area contributed by atoms with Crippen molar-refractivity contribution in [3.8, 4) is 11.8 Å². The lowest BCUT2D eigenvalue weighted by molar-refractivity contribution is 0.582. The summed E-state index contributed by atoms with van der Waals surface area (Å²) in [5.41, 5.74) is 7.00. The summed E-state index contributed by atoms with van der Waals surface area (Å²) in [4.78, 5) is 8.19. The van der Waals surface area contributed by atoms with Crippen LogP contribution in [0.2, 0.25) is 0 Å². The second kappa shape index (κ2) is 4.59. The van der Waals surface area contributed by atoms with Gasteiger partial charge in [0.25, 0.3) is 0 Å². The van der Waals surface area contributed by atoms with Gasteiger partial charge >= 0.3 is 0 Å². The highest BCUT2D eigenvalue weighted by atomic mass is 19.1. The van der Waals surface area contributed by atoms with E-state index in [2.05, 4.69) is 32.0 Å². The van der Waals surface area contributed by atoms with E-state index < -0.39 is 11.6 Å². The molecule has 0 unspecified atom stereocenters. The number of fused-ring (bicyclic) bond motifs is 1. The third-order valence-corrected chi connectivity index (χ3v) is 2.49. The van der Waals surface area contributed by atoms with Crippen molar-refractivity contribution in [1.82, 2.24) is 20.2 Å². The number of hydrogen-bond donors (Lipinski definition) is 2. The van der Waals surface area contributed by atoms with Gasteiger partial charge in [0.1, 0.15) is 17.3 Å². The minimum Gasteiger partial charge on any atom is -0.380 e. The summed E-state index contributed by atoms with van der Waals surface area (Å²) in [6.07, 6.45) is 1.42. The quantitative estimate of drug-likeness (QED) is 0.609. The van der Waals surface area contributed by atoms with E-state index in [4.69, 9.17) is 5.73 Å². The molecule has 0 aliphatic rings. The van der Waals surface area contributed by atoms with Gasteiger partial charge in [-0.2, -0.15) is 5.10 Å². The zero-order chi connectivity index (χ0) is 14.1. The van der Waals surface area contributed by atoms with Gasteiger partial charge < -0.3 is 5.73 Å². The van der Waals surface area contributed by atoms with Crippen LogP contribution in [0.3, 0.4) is 0 Å². The fourth-order valence-electron chi connectivity index (χ4n) is 1.64. The summed E-state index contributed by atoms with van der Waals surface area (Å²) in [5.74, 6) is 4.13. The summed E-state index contributed by atoms with van der Waals surface area (Å²) >= 11 is 0. The van der Waals surface area contributed by atoms with Gasteiger partial charge in [0.05, 0.1) is 6.20 Å². The second-order valence-corrected chi connectivity index (χ2v) is 3.97. The van der Waals surface area contributed by atoms with Gasteiger partial charge in [0.2, 0.25) is 0 Å². The average molecular weight is 271 g/mol. The molecule has 1 aromatic carbocycles. The summed E-state index contributed by atoms with van der Waals surface area (Å²) in [5, 5.41) is 6.37. The number of nitrogens with one attached hydrogen (secondary N) is 1. The Hall–Kier alpha value is -3.01. The Kier molecular flexibility index (Phi) is 2.76. The number of hydrogen-bond acceptors (Lipinski definition) is 4. The molecule has 3 N–H and O–H groups in total. The number of benzene rings is 1. The minimum absolute atomic E-state index is 0.213. The highest BCUT2D eigenvalue weighted by Crippen LogP contribution is 2.12. The molecule has 3 aromatic rings. The van der Waals surface area contributed by atoms with Crippen molar-refractivity contribution in [2.75, 3.05) is 5.73 Å². The number of aromatic nitrogens is 4. The number of nitrogens with zero attached hydrogens (tertiary/aromatic N) is 3. The monoisotopic (exact) mass is 271 g/mol. The Labute approximate surface area is 111 Å². The molecule has 0 saturated carbocycles. The van der Waals surface area contributed by atoms with Gasteiger partial charge in [-0.15, -0.1) is 0 Å². The lowest BCUT2D eigenvalue weighted by atomic mass is 10.2. The lowest BCUT2D eigenvalue weighted by Crippen LogP contribution is -1.90. The number of nitrogens with two attached hydrogens (primary N) is 1. The number of anilines is 1. The Morgan fingerprint density at radius 2 is 1.85 bits per heavy atom. The molecule has 0 bridgehead atoms. The highest BCUT2D eigenvalue weighted by Gasteiger charge is 2.05. The van der Waals surface area contributed by atoms with Crippen LogP contribution in [0.25, 0.3) is 11.2 Å². The van der Waals surface area contributed by atoms with Gasteiger partial charge in [0.15, 0.2) is 17.0 Å². The highest BCUT2D eigenvalue weighted by molar-refractivity contribution is 5.81. The van der Waals surface area contributed by atoms with E-state index in [0.29, 0.717) is 16.9 Å². The molecule has 0 aliphatic heterocycles. The number of halogens is 2. The molecule has 3 rings (SSSR count). The van der Waals surface area contributed by atoms with E-state index in [9.17, 15) is 8.78 Å². The molecular formula is C13H7F2N5. The summed E-state index contributed by atoms with van der Waals surface area (Å²) in [6.45, 7) is 0. The number of H-pyrrole nitrogens is 1. The third kappa shape index (κ3) is 2.27. The molecule has 98 valence electrons. The van der Waals surface area contributed by atoms with Crippen molar-refractivity contribution < 1.29 is 8.78 Å².